The summed E-state index contributed by atoms with van der Waals surface area (Å²) in [4.78, 5) is 28.5. The summed E-state index contributed by atoms with van der Waals surface area (Å²) < 4.78 is 4.90. The van der Waals surface area contributed by atoms with Gasteiger partial charge in [-0.25, -0.2) is 0 Å². The Morgan fingerprint density at radius 3 is 2.65 bits per heavy atom. The van der Waals surface area contributed by atoms with Crippen LogP contribution in [-0.4, -0.2) is 70.5 Å². The molecule has 0 aromatic carbocycles. The number of nitrogens with one attached hydrogen (secondary N) is 1. The molecule has 0 spiro atoms. The molecule has 1 saturated heterocycles. The highest BCUT2D eigenvalue weighted by Crippen LogP contribution is 2.15. The molecule has 0 saturated carbocycles. The zero-order valence-corrected chi connectivity index (χ0v) is 14.7. The fourth-order valence-electron chi connectivity index (χ4n) is 2.33. The summed E-state index contributed by atoms with van der Waals surface area (Å²) in [6.07, 6.45) is 0. The van der Waals surface area contributed by atoms with Crippen LogP contribution in [0.15, 0.2) is 10.6 Å². The standard InChI is InChI=1S/C15H24N4O3S/c1-4-18-5-7-19(8-6-18)14(20)10-23-12(3)15(21)16-13-9-11(2)22-17-13/h9,12H,4-8,10H2,1-3H3,(H,16,17,21). The summed E-state index contributed by atoms with van der Waals surface area (Å²) in [7, 11) is 0. The lowest BCUT2D eigenvalue weighted by Gasteiger charge is -2.34. The van der Waals surface area contributed by atoms with Crippen molar-refractivity contribution in [1.82, 2.24) is 15.0 Å². The number of anilines is 1. The van der Waals surface area contributed by atoms with Crippen LogP contribution < -0.4 is 5.32 Å². The second-order valence-electron chi connectivity index (χ2n) is 5.58. The largest absolute Gasteiger partial charge is 0.360 e. The van der Waals surface area contributed by atoms with Gasteiger partial charge in [0.2, 0.25) is 11.8 Å². The lowest BCUT2D eigenvalue weighted by atomic mass is 10.3. The summed E-state index contributed by atoms with van der Waals surface area (Å²) in [5.41, 5.74) is 0. The van der Waals surface area contributed by atoms with Gasteiger partial charge in [0.05, 0.1) is 11.0 Å². The van der Waals surface area contributed by atoms with Gasteiger partial charge in [0.25, 0.3) is 0 Å². The van der Waals surface area contributed by atoms with E-state index >= 15 is 0 Å². The van der Waals surface area contributed by atoms with E-state index in [9.17, 15) is 9.59 Å². The maximum absolute atomic E-state index is 12.2. The van der Waals surface area contributed by atoms with Crippen molar-refractivity contribution in [2.75, 3.05) is 43.8 Å². The van der Waals surface area contributed by atoms with Gasteiger partial charge in [-0.05, 0) is 20.4 Å². The number of aryl methyl sites for hydroxylation is 1. The van der Waals surface area contributed by atoms with Gasteiger partial charge >= 0.3 is 0 Å². The number of rotatable bonds is 6. The molecule has 23 heavy (non-hydrogen) atoms. The van der Waals surface area contributed by atoms with Crippen molar-refractivity contribution in [1.29, 1.82) is 0 Å². The Morgan fingerprint density at radius 1 is 1.39 bits per heavy atom. The van der Waals surface area contributed by atoms with E-state index in [0.29, 0.717) is 17.3 Å². The molecule has 0 aliphatic carbocycles. The van der Waals surface area contributed by atoms with E-state index < -0.39 is 0 Å². The first kappa shape index (κ1) is 17.8. The fraction of sp³-hybridized carbons (Fsp3) is 0.667. The molecule has 7 nitrogen and oxygen atoms in total. The number of carbonyl (C=O) groups is 2. The Hall–Kier alpha value is -1.54. The van der Waals surface area contributed by atoms with Crippen LogP contribution in [0.3, 0.4) is 0 Å². The maximum Gasteiger partial charge on any atom is 0.238 e. The third kappa shape index (κ3) is 5.24. The van der Waals surface area contributed by atoms with E-state index in [-0.39, 0.29) is 17.1 Å². The van der Waals surface area contributed by atoms with Gasteiger partial charge in [-0.2, -0.15) is 0 Å². The predicted molar refractivity (Wildman–Crippen MR) is 90.5 cm³/mol. The molecule has 1 aromatic rings. The Balaban J connectivity index is 1.72. The highest BCUT2D eigenvalue weighted by molar-refractivity contribution is 8.01. The number of nitrogens with zero attached hydrogens (tertiary/aromatic N) is 3. The van der Waals surface area contributed by atoms with E-state index in [1.807, 2.05) is 4.90 Å². The molecule has 0 radical (unpaired) electrons. The average molecular weight is 340 g/mol. The molecule has 8 heteroatoms. The molecule has 1 aliphatic rings. The quantitative estimate of drug-likeness (QED) is 0.838. The van der Waals surface area contributed by atoms with Crippen LogP contribution in [0, 0.1) is 6.92 Å². The van der Waals surface area contributed by atoms with Crippen molar-refractivity contribution >= 4 is 29.4 Å². The minimum absolute atomic E-state index is 0.0997. The van der Waals surface area contributed by atoms with Gasteiger partial charge in [-0.15, -0.1) is 11.8 Å². The zero-order valence-electron chi connectivity index (χ0n) is 13.9. The number of aromatic nitrogens is 1. The Labute approximate surface area is 140 Å². The number of amides is 2. The molecular formula is C15H24N4O3S. The van der Waals surface area contributed by atoms with E-state index in [1.54, 1.807) is 19.9 Å². The second-order valence-corrected chi connectivity index (χ2v) is 6.91. The number of carbonyl (C=O) groups excluding carboxylic acids is 2. The van der Waals surface area contributed by atoms with Gasteiger partial charge in [0, 0.05) is 32.2 Å². The first-order chi connectivity index (χ1) is 11.0. The molecule has 1 N–H and O–H groups in total. The van der Waals surface area contributed by atoms with Crippen LogP contribution >= 0.6 is 11.8 Å². The molecule has 2 amide bonds. The molecule has 128 valence electrons. The average Bonchev–Trinajstić information content (AvgIpc) is 2.97. The lowest BCUT2D eigenvalue weighted by Crippen LogP contribution is -2.49. The first-order valence-corrected chi connectivity index (χ1v) is 8.90. The lowest BCUT2D eigenvalue weighted by molar-refractivity contribution is -0.130. The first-order valence-electron chi connectivity index (χ1n) is 7.85. The van der Waals surface area contributed by atoms with Gasteiger partial charge in [0.1, 0.15) is 5.76 Å². The maximum atomic E-state index is 12.2. The highest BCUT2D eigenvalue weighted by Gasteiger charge is 2.22. The van der Waals surface area contributed by atoms with Crippen molar-refractivity contribution in [3.05, 3.63) is 11.8 Å². The minimum atomic E-state index is -0.326. The van der Waals surface area contributed by atoms with Crippen LogP contribution in [0.25, 0.3) is 0 Å². The third-order valence-electron chi connectivity index (χ3n) is 3.88. The molecule has 1 fully saturated rings. The summed E-state index contributed by atoms with van der Waals surface area (Å²) in [6.45, 7) is 10.1. The molecule has 0 bridgehead atoms. The van der Waals surface area contributed by atoms with Gasteiger partial charge in [-0.1, -0.05) is 12.1 Å². The Kier molecular flexibility index (Phi) is 6.47. The zero-order chi connectivity index (χ0) is 16.8. The van der Waals surface area contributed by atoms with E-state index in [1.165, 1.54) is 11.8 Å². The van der Waals surface area contributed by atoms with Gasteiger partial charge < -0.3 is 19.6 Å². The summed E-state index contributed by atoms with van der Waals surface area (Å²) in [6, 6.07) is 1.66. The topological polar surface area (TPSA) is 78.7 Å². The van der Waals surface area contributed by atoms with Crippen LogP contribution in [0.5, 0.6) is 0 Å². The summed E-state index contributed by atoms with van der Waals surface area (Å²) >= 11 is 1.34. The normalized spacial score (nSPS) is 17.1. The SMILES string of the molecule is CCN1CCN(C(=O)CSC(C)C(=O)Nc2cc(C)on2)CC1. The summed E-state index contributed by atoms with van der Waals surface area (Å²) in [5, 5.41) is 6.08. The summed E-state index contributed by atoms with van der Waals surface area (Å²) in [5.74, 6) is 1.29. The molecule has 2 heterocycles. The second kappa shape index (κ2) is 8.35. The Morgan fingerprint density at radius 2 is 2.09 bits per heavy atom. The van der Waals surface area contributed by atoms with E-state index in [2.05, 4.69) is 22.3 Å². The number of likely N-dealkylation sites (N-methyl/N-ethyl adjacent to an activating group) is 1. The number of hydrogen-bond donors (Lipinski definition) is 1. The number of piperazine rings is 1. The minimum Gasteiger partial charge on any atom is -0.360 e. The highest BCUT2D eigenvalue weighted by atomic mass is 32.2. The van der Waals surface area contributed by atoms with Crippen LogP contribution in [0.4, 0.5) is 5.82 Å². The molecule has 2 rings (SSSR count). The Bertz CT molecular complexity index is 541. The van der Waals surface area contributed by atoms with E-state index in [4.69, 9.17) is 4.52 Å². The van der Waals surface area contributed by atoms with Crippen molar-refractivity contribution in [2.24, 2.45) is 0 Å². The molecule has 1 aromatic heterocycles. The molecular weight excluding hydrogens is 316 g/mol. The van der Waals surface area contributed by atoms with Crippen molar-refractivity contribution in [2.45, 2.75) is 26.0 Å². The van der Waals surface area contributed by atoms with Gasteiger partial charge in [-0.3, -0.25) is 9.59 Å². The van der Waals surface area contributed by atoms with Crippen LogP contribution in [-0.2, 0) is 9.59 Å². The van der Waals surface area contributed by atoms with Crippen molar-refractivity contribution in [3.63, 3.8) is 0 Å². The predicted octanol–water partition coefficient (Wildman–Crippen LogP) is 1.21. The molecule has 1 aliphatic heterocycles. The number of thioether (sulfide) groups is 1. The smallest absolute Gasteiger partial charge is 0.238 e. The van der Waals surface area contributed by atoms with E-state index in [0.717, 1.165) is 32.7 Å². The third-order valence-corrected chi connectivity index (χ3v) is 5.01. The molecule has 1 unspecified atom stereocenters. The van der Waals surface area contributed by atoms with Crippen LogP contribution in [0.2, 0.25) is 0 Å². The molecule has 1 atom stereocenters. The van der Waals surface area contributed by atoms with Crippen molar-refractivity contribution in [3.8, 4) is 0 Å². The van der Waals surface area contributed by atoms with Gasteiger partial charge in [0.15, 0.2) is 5.82 Å². The fourth-order valence-corrected chi connectivity index (χ4v) is 3.12. The van der Waals surface area contributed by atoms with Crippen molar-refractivity contribution < 1.29 is 14.1 Å². The van der Waals surface area contributed by atoms with Crippen LogP contribution in [0.1, 0.15) is 19.6 Å². The number of hydrogen-bond acceptors (Lipinski definition) is 6. The monoisotopic (exact) mass is 340 g/mol.